The maximum Gasteiger partial charge on any atom is 0.264 e. The van der Waals surface area contributed by atoms with Gasteiger partial charge < -0.3 is 9.73 Å². The van der Waals surface area contributed by atoms with E-state index in [0.717, 1.165) is 5.01 Å². The highest BCUT2D eigenvalue weighted by molar-refractivity contribution is 7.13. The van der Waals surface area contributed by atoms with Crippen LogP contribution < -0.4 is 5.32 Å². The largest absolute Gasteiger partial charge is 0.466 e. The SMILES string of the molecule is Cc1nc(C)c(C(=O)NC(C#N)c2ccco2)s1. The van der Waals surface area contributed by atoms with E-state index in [1.165, 1.54) is 17.6 Å². The fourth-order valence-corrected chi connectivity index (χ4v) is 2.38. The van der Waals surface area contributed by atoms with Gasteiger partial charge in [0, 0.05) is 0 Å². The van der Waals surface area contributed by atoms with E-state index in [0.29, 0.717) is 16.3 Å². The molecule has 2 aromatic heterocycles. The van der Waals surface area contributed by atoms with Crippen LogP contribution in [-0.2, 0) is 0 Å². The lowest BCUT2D eigenvalue weighted by atomic mass is 10.2. The Morgan fingerprint density at radius 1 is 1.61 bits per heavy atom. The number of hydrogen-bond donors (Lipinski definition) is 1. The van der Waals surface area contributed by atoms with Crippen LogP contribution in [0.5, 0.6) is 0 Å². The van der Waals surface area contributed by atoms with Gasteiger partial charge in [0.25, 0.3) is 5.91 Å². The quantitative estimate of drug-likeness (QED) is 0.919. The van der Waals surface area contributed by atoms with Crippen molar-refractivity contribution in [1.82, 2.24) is 10.3 Å². The molecule has 0 aromatic carbocycles. The molecule has 0 saturated carbocycles. The molecule has 1 amide bonds. The highest BCUT2D eigenvalue weighted by atomic mass is 32.1. The Balaban J connectivity index is 2.16. The lowest BCUT2D eigenvalue weighted by Gasteiger charge is -2.07. The van der Waals surface area contributed by atoms with Crippen molar-refractivity contribution in [2.24, 2.45) is 0 Å². The molecule has 0 saturated heterocycles. The maximum atomic E-state index is 12.0. The van der Waals surface area contributed by atoms with Crippen molar-refractivity contribution in [3.05, 3.63) is 39.7 Å². The second-order valence-electron chi connectivity index (χ2n) is 3.70. The number of hydrogen-bond acceptors (Lipinski definition) is 5. The predicted octanol–water partition coefficient (Wildman–Crippen LogP) is 2.35. The standard InChI is InChI=1S/C12H11N3O2S/c1-7-11(18-8(2)14-7)12(16)15-9(6-13)10-4-3-5-17-10/h3-5,9H,1-2H3,(H,15,16). The Bertz CT molecular complexity index is 595. The fourth-order valence-electron chi connectivity index (χ4n) is 1.56. The highest BCUT2D eigenvalue weighted by Gasteiger charge is 2.20. The van der Waals surface area contributed by atoms with Gasteiger partial charge in [0.1, 0.15) is 10.6 Å². The van der Waals surface area contributed by atoms with Crippen LogP contribution in [0.1, 0.15) is 32.2 Å². The summed E-state index contributed by atoms with van der Waals surface area (Å²) >= 11 is 1.31. The summed E-state index contributed by atoms with van der Waals surface area (Å²) in [5.41, 5.74) is 0.672. The van der Waals surface area contributed by atoms with Crippen molar-refractivity contribution in [3.63, 3.8) is 0 Å². The van der Waals surface area contributed by atoms with Crippen LogP contribution in [0.4, 0.5) is 0 Å². The number of nitrogens with zero attached hydrogens (tertiary/aromatic N) is 2. The van der Waals surface area contributed by atoms with Crippen molar-refractivity contribution >= 4 is 17.2 Å². The van der Waals surface area contributed by atoms with Crippen LogP contribution in [0.15, 0.2) is 22.8 Å². The third-order valence-electron chi connectivity index (χ3n) is 2.34. The van der Waals surface area contributed by atoms with E-state index in [4.69, 9.17) is 9.68 Å². The fraction of sp³-hybridized carbons (Fsp3) is 0.250. The molecule has 2 rings (SSSR count). The van der Waals surface area contributed by atoms with Crippen molar-refractivity contribution in [2.75, 3.05) is 0 Å². The minimum Gasteiger partial charge on any atom is -0.466 e. The van der Waals surface area contributed by atoms with Crippen LogP contribution in [0.25, 0.3) is 0 Å². The van der Waals surface area contributed by atoms with Crippen LogP contribution in [-0.4, -0.2) is 10.9 Å². The zero-order valence-corrected chi connectivity index (χ0v) is 10.7. The molecule has 0 aliphatic heterocycles. The molecule has 6 heteroatoms. The lowest BCUT2D eigenvalue weighted by molar-refractivity contribution is 0.0945. The molecule has 1 N–H and O–H groups in total. The van der Waals surface area contributed by atoms with E-state index >= 15 is 0 Å². The molecule has 5 nitrogen and oxygen atoms in total. The van der Waals surface area contributed by atoms with Crippen LogP contribution >= 0.6 is 11.3 Å². The number of carbonyl (C=O) groups is 1. The van der Waals surface area contributed by atoms with Gasteiger partial charge in [0.2, 0.25) is 0 Å². The summed E-state index contributed by atoms with van der Waals surface area (Å²) < 4.78 is 5.11. The summed E-state index contributed by atoms with van der Waals surface area (Å²) in [6.45, 7) is 3.61. The van der Waals surface area contributed by atoms with Gasteiger partial charge >= 0.3 is 0 Å². The van der Waals surface area contributed by atoms with E-state index in [-0.39, 0.29) is 5.91 Å². The molecule has 92 valence electrons. The Hall–Kier alpha value is -2.13. The number of nitrogens with one attached hydrogen (secondary N) is 1. The zero-order valence-electron chi connectivity index (χ0n) is 9.93. The van der Waals surface area contributed by atoms with Crippen LogP contribution in [0.3, 0.4) is 0 Å². The van der Waals surface area contributed by atoms with Gasteiger partial charge in [-0.1, -0.05) is 0 Å². The number of aromatic nitrogens is 1. The van der Waals surface area contributed by atoms with E-state index in [1.54, 1.807) is 19.1 Å². The third kappa shape index (κ3) is 2.41. The average molecular weight is 261 g/mol. The van der Waals surface area contributed by atoms with Gasteiger partial charge in [0.15, 0.2) is 6.04 Å². The Morgan fingerprint density at radius 2 is 2.39 bits per heavy atom. The molecule has 0 aliphatic carbocycles. The molecule has 0 spiro atoms. The monoisotopic (exact) mass is 261 g/mol. The van der Waals surface area contributed by atoms with Gasteiger partial charge in [-0.15, -0.1) is 11.3 Å². The van der Waals surface area contributed by atoms with Gasteiger partial charge in [-0.25, -0.2) is 4.98 Å². The highest BCUT2D eigenvalue weighted by Crippen LogP contribution is 2.19. The Morgan fingerprint density at radius 3 is 2.89 bits per heavy atom. The van der Waals surface area contributed by atoms with E-state index in [9.17, 15) is 4.79 Å². The molecule has 0 aliphatic rings. The second kappa shape index (κ2) is 5.02. The number of thiazole rings is 1. The number of furan rings is 1. The molecule has 18 heavy (non-hydrogen) atoms. The van der Waals surface area contributed by atoms with E-state index in [2.05, 4.69) is 10.3 Å². The first-order valence-corrected chi connectivity index (χ1v) is 6.11. The van der Waals surface area contributed by atoms with Gasteiger partial charge in [0.05, 0.1) is 23.0 Å². The summed E-state index contributed by atoms with van der Waals surface area (Å²) in [5, 5.41) is 12.5. The first-order valence-electron chi connectivity index (χ1n) is 5.29. The van der Waals surface area contributed by atoms with Crippen LogP contribution in [0, 0.1) is 25.2 Å². The first-order chi connectivity index (χ1) is 8.61. The minimum atomic E-state index is -0.783. The number of rotatable bonds is 3. The zero-order chi connectivity index (χ0) is 13.1. The summed E-state index contributed by atoms with van der Waals surface area (Å²) in [6.07, 6.45) is 1.47. The summed E-state index contributed by atoms with van der Waals surface area (Å²) in [6, 6.07) is 4.53. The first kappa shape index (κ1) is 12.3. The van der Waals surface area contributed by atoms with E-state index < -0.39 is 6.04 Å². The van der Waals surface area contributed by atoms with Crippen molar-refractivity contribution in [2.45, 2.75) is 19.9 Å². The number of amides is 1. The van der Waals surface area contributed by atoms with Gasteiger partial charge in [-0.2, -0.15) is 5.26 Å². The number of aryl methyl sites for hydroxylation is 2. The molecule has 0 fully saturated rings. The minimum absolute atomic E-state index is 0.305. The summed E-state index contributed by atoms with van der Waals surface area (Å²) in [4.78, 5) is 16.7. The topological polar surface area (TPSA) is 78.9 Å². The third-order valence-corrected chi connectivity index (χ3v) is 3.41. The molecule has 2 heterocycles. The molecule has 2 aromatic rings. The predicted molar refractivity (Wildman–Crippen MR) is 66.1 cm³/mol. The van der Waals surface area contributed by atoms with Crippen molar-refractivity contribution in [1.29, 1.82) is 5.26 Å². The van der Waals surface area contributed by atoms with E-state index in [1.807, 2.05) is 13.0 Å². The van der Waals surface area contributed by atoms with Crippen molar-refractivity contribution < 1.29 is 9.21 Å². The molecule has 1 unspecified atom stereocenters. The molecular formula is C12H11N3O2S. The maximum absolute atomic E-state index is 12.0. The summed E-state index contributed by atoms with van der Waals surface area (Å²) in [7, 11) is 0. The Kier molecular flexibility index (Phi) is 3.44. The number of nitriles is 1. The average Bonchev–Trinajstić information content (AvgIpc) is 2.95. The normalized spacial score (nSPS) is 11.8. The molecule has 0 bridgehead atoms. The lowest BCUT2D eigenvalue weighted by Crippen LogP contribution is -2.27. The summed E-state index contributed by atoms with van der Waals surface area (Å²) in [5.74, 6) is 0.116. The van der Waals surface area contributed by atoms with Gasteiger partial charge in [-0.05, 0) is 26.0 Å². The molecule has 0 radical (unpaired) electrons. The van der Waals surface area contributed by atoms with Gasteiger partial charge in [-0.3, -0.25) is 4.79 Å². The smallest absolute Gasteiger partial charge is 0.264 e. The Labute approximate surface area is 108 Å². The van der Waals surface area contributed by atoms with Crippen LogP contribution in [0.2, 0.25) is 0 Å². The second-order valence-corrected chi connectivity index (χ2v) is 4.90. The number of carbonyl (C=O) groups excluding carboxylic acids is 1. The van der Waals surface area contributed by atoms with Crippen molar-refractivity contribution in [3.8, 4) is 6.07 Å². The molecular weight excluding hydrogens is 250 g/mol. The molecule has 1 atom stereocenters.